The van der Waals surface area contributed by atoms with Crippen LogP contribution in [-0.2, 0) is 11.4 Å². The Hall–Kier alpha value is -1.55. The first kappa shape index (κ1) is 8.07. The Kier molecular flexibility index (Phi) is 1.90. The predicted octanol–water partition coefficient (Wildman–Crippen LogP) is 0.543. The van der Waals surface area contributed by atoms with Gasteiger partial charge in [0.05, 0.1) is 24.5 Å². The Bertz CT molecular complexity index is 335. The highest BCUT2D eigenvalue weighted by molar-refractivity contribution is 6.01. The second kappa shape index (κ2) is 3.06. The van der Waals surface area contributed by atoms with Gasteiger partial charge in [-0.3, -0.25) is 4.79 Å². The van der Waals surface area contributed by atoms with Gasteiger partial charge in [0.15, 0.2) is 0 Å². The van der Waals surface area contributed by atoms with Gasteiger partial charge >= 0.3 is 0 Å². The van der Waals surface area contributed by atoms with Crippen molar-refractivity contribution in [3.63, 3.8) is 0 Å². The molecule has 0 fully saturated rings. The number of hydrogen-bond acceptors (Lipinski definition) is 3. The molecule has 0 atom stereocenters. The fourth-order valence-corrected chi connectivity index (χ4v) is 1.39. The standard InChI is InChI=1S/C9H10N2O2/c12-5-6-2-1-3-7-9(6)11-8(13)4-10-7/h1-3,10,12H,4-5H2,(H,11,13). The molecule has 4 nitrogen and oxygen atoms in total. The van der Waals surface area contributed by atoms with E-state index in [4.69, 9.17) is 5.11 Å². The van der Waals surface area contributed by atoms with E-state index < -0.39 is 0 Å². The monoisotopic (exact) mass is 178 g/mol. The number of nitrogens with one attached hydrogen (secondary N) is 2. The summed E-state index contributed by atoms with van der Waals surface area (Å²) in [6.45, 7) is 0.229. The van der Waals surface area contributed by atoms with Crippen LogP contribution in [0.1, 0.15) is 5.56 Å². The molecule has 1 aliphatic rings. The molecule has 1 heterocycles. The topological polar surface area (TPSA) is 61.4 Å². The van der Waals surface area contributed by atoms with Gasteiger partial charge in [-0.2, -0.15) is 0 Å². The van der Waals surface area contributed by atoms with E-state index in [1.54, 1.807) is 6.07 Å². The number of anilines is 2. The van der Waals surface area contributed by atoms with Crippen LogP contribution in [0.4, 0.5) is 11.4 Å². The van der Waals surface area contributed by atoms with Crippen LogP contribution >= 0.6 is 0 Å². The molecule has 1 aliphatic heterocycles. The van der Waals surface area contributed by atoms with Crippen molar-refractivity contribution >= 4 is 17.3 Å². The molecule has 0 bridgehead atoms. The van der Waals surface area contributed by atoms with Gasteiger partial charge in [-0.1, -0.05) is 12.1 Å². The summed E-state index contributed by atoms with van der Waals surface area (Å²) >= 11 is 0. The highest BCUT2D eigenvalue weighted by Crippen LogP contribution is 2.28. The van der Waals surface area contributed by atoms with Crippen molar-refractivity contribution in [3.8, 4) is 0 Å². The molecular formula is C9H10N2O2. The molecule has 1 aromatic rings. The quantitative estimate of drug-likeness (QED) is 0.588. The van der Waals surface area contributed by atoms with Crippen LogP contribution in [0.25, 0.3) is 0 Å². The smallest absolute Gasteiger partial charge is 0.243 e. The highest BCUT2D eigenvalue weighted by Gasteiger charge is 2.15. The molecule has 1 aromatic carbocycles. The number of carbonyl (C=O) groups excluding carboxylic acids is 1. The molecule has 68 valence electrons. The van der Waals surface area contributed by atoms with Crippen LogP contribution in [0.3, 0.4) is 0 Å². The van der Waals surface area contributed by atoms with E-state index in [-0.39, 0.29) is 12.5 Å². The molecule has 4 heteroatoms. The van der Waals surface area contributed by atoms with Gasteiger partial charge in [-0.25, -0.2) is 0 Å². The summed E-state index contributed by atoms with van der Waals surface area (Å²) in [5.41, 5.74) is 2.30. The lowest BCUT2D eigenvalue weighted by atomic mass is 10.1. The summed E-state index contributed by atoms with van der Waals surface area (Å²) in [6, 6.07) is 5.49. The van der Waals surface area contributed by atoms with Crippen molar-refractivity contribution in [1.82, 2.24) is 0 Å². The fraction of sp³-hybridized carbons (Fsp3) is 0.222. The minimum Gasteiger partial charge on any atom is -0.392 e. The number of fused-ring (bicyclic) bond motifs is 1. The minimum atomic E-state index is -0.0756. The summed E-state index contributed by atoms with van der Waals surface area (Å²) in [5.74, 6) is -0.0756. The van der Waals surface area contributed by atoms with Gasteiger partial charge in [-0.15, -0.1) is 0 Å². The molecule has 0 radical (unpaired) electrons. The van der Waals surface area contributed by atoms with Crippen LogP contribution in [-0.4, -0.2) is 17.6 Å². The van der Waals surface area contributed by atoms with Crippen molar-refractivity contribution in [2.75, 3.05) is 17.2 Å². The summed E-state index contributed by atoms with van der Waals surface area (Å²) in [4.78, 5) is 11.0. The first-order valence-electron chi connectivity index (χ1n) is 4.08. The number of aliphatic hydroxyl groups is 1. The summed E-state index contributed by atoms with van der Waals surface area (Å²) < 4.78 is 0. The number of carbonyl (C=O) groups is 1. The summed E-state index contributed by atoms with van der Waals surface area (Å²) in [5, 5.41) is 14.7. The highest BCUT2D eigenvalue weighted by atomic mass is 16.3. The number of rotatable bonds is 1. The second-order valence-electron chi connectivity index (χ2n) is 2.90. The average Bonchev–Trinajstić information content (AvgIpc) is 2.17. The van der Waals surface area contributed by atoms with Crippen molar-refractivity contribution in [2.24, 2.45) is 0 Å². The molecule has 0 spiro atoms. The molecule has 0 saturated carbocycles. The summed E-state index contributed by atoms with van der Waals surface area (Å²) in [7, 11) is 0. The Morgan fingerprint density at radius 2 is 2.31 bits per heavy atom. The van der Waals surface area contributed by atoms with Gasteiger partial charge in [0.2, 0.25) is 5.91 Å². The van der Waals surface area contributed by atoms with E-state index in [9.17, 15) is 4.79 Å². The van der Waals surface area contributed by atoms with Gasteiger partial charge in [-0.05, 0) is 6.07 Å². The fourth-order valence-electron chi connectivity index (χ4n) is 1.39. The van der Waals surface area contributed by atoms with E-state index in [2.05, 4.69) is 10.6 Å². The number of aliphatic hydroxyl groups excluding tert-OH is 1. The van der Waals surface area contributed by atoms with Gasteiger partial charge in [0, 0.05) is 5.56 Å². The van der Waals surface area contributed by atoms with Crippen LogP contribution < -0.4 is 10.6 Å². The second-order valence-corrected chi connectivity index (χ2v) is 2.90. The first-order valence-corrected chi connectivity index (χ1v) is 4.08. The zero-order valence-corrected chi connectivity index (χ0v) is 7.00. The molecule has 2 rings (SSSR count). The largest absolute Gasteiger partial charge is 0.392 e. The molecule has 3 N–H and O–H groups in total. The zero-order chi connectivity index (χ0) is 9.26. The van der Waals surface area contributed by atoms with E-state index in [0.717, 1.165) is 11.3 Å². The lowest BCUT2D eigenvalue weighted by Crippen LogP contribution is -2.28. The van der Waals surface area contributed by atoms with Crippen LogP contribution in [0.5, 0.6) is 0 Å². The maximum Gasteiger partial charge on any atom is 0.243 e. The van der Waals surface area contributed by atoms with Crippen LogP contribution in [0, 0.1) is 0 Å². The van der Waals surface area contributed by atoms with Crippen molar-refractivity contribution in [2.45, 2.75) is 6.61 Å². The number of amides is 1. The average molecular weight is 178 g/mol. The maximum absolute atomic E-state index is 11.0. The van der Waals surface area contributed by atoms with Crippen LogP contribution in [0.15, 0.2) is 18.2 Å². The number of benzene rings is 1. The van der Waals surface area contributed by atoms with E-state index in [1.165, 1.54) is 0 Å². The predicted molar refractivity (Wildman–Crippen MR) is 49.5 cm³/mol. The van der Waals surface area contributed by atoms with Gasteiger partial charge in [0.25, 0.3) is 0 Å². The van der Waals surface area contributed by atoms with Crippen molar-refractivity contribution in [1.29, 1.82) is 0 Å². The third kappa shape index (κ3) is 1.36. The SMILES string of the molecule is O=C1CNc2cccc(CO)c2N1. The minimum absolute atomic E-state index is 0.0644. The van der Waals surface area contributed by atoms with E-state index in [0.29, 0.717) is 12.2 Å². The molecule has 1 amide bonds. The Morgan fingerprint density at radius 1 is 1.46 bits per heavy atom. The summed E-state index contributed by atoms with van der Waals surface area (Å²) in [6.07, 6.45) is 0. The number of hydrogen-bond donors (Lipinski definition) is 3. The first-order chi connectivity index (χ1) is 6.31. The molecule has 0 aromatic heterocycles. The van der Waals surface area contributed by atoms with Gasteiger partial charge in [0.1, 0.15) is 0 Å². The zero-order valence-electron chi connectivity index (χ0n) is 7.00. The van der Waals surface area contributed by atoms with Gasteiger partial charge < -0.3 is 15.7 Å². The normalized spacial score (nSPS) is 14.4. The Morgan fingerprint density at radius 3 is 3.08 bits per heavy atom. The molecule has 13 heavy (non-hydrogen) atoms. The lowest BCUT2D eigenvalue weighted by Gasteiger charge is -2.20. The third-order valence-electron chi connectivity index (χ3n) is 2.02. The molecular weight excluding hydrogens is 168 g/mol. The number of para-hydroxylation sites is 1. The molecule has 0 unspecified atom stereocenters. The molecule has 0 saturated heterocycles. The van der Waals surface area contributed by atoms with Crippen molar-refractivity contribution in [3.05, 3.63) is 23.8 Å². The van der Waals surface area contributed by atoms with E-state index >= 15 is 0 Å². The Labute approximate surface area is 75.6 Å². The third-order valence-corrected chi connectivity index (χ3v) is 2.02. The Balaban J connectivity index is 2.46. The van der Waals surface area contributed by atoms with Crippen molar-refractivity contribution < 1.29 is 9.90 Å². The maximum atomic E-state index is 11.0. The van der Waals surface area contributed by atoms with Crippen LogP contribution in [0.2, 0.25) is 0 Å². The molecule has 0 aliphatic carbocycles. The lowest BCUT2D eigenvalue weighted by molar-refractivity contribution is -0.114. The van der Waals surface area contributed by atoms with E-state index in [1.807, 2.05) is 12.1 Å².